The number of carbonyl (C=O) groups excluding carboxylic acids is 1. The largest absolute Gasteiger partial charge is 0.368 e. The molecule has 0 radical (unpaired) electrons. The van der Waals surface area contributed by atoms with Gasteiger partial charge in [0.2, 0.25) is 5.91 Å². The molecule has 6 nitrogen and oxygen atoms in total. The molecule has 1 aromatic carbocycles. The van der Waals surface area contributed by atoms with Gasteiger partial charge in [-0.3, -0.25) is 4.79 Å². The van der Waals surface area contributed by atoms with Gasteiger partial charge in [-0.05, 0) is 48.6 Å². The lowest BCUT2D eigenvalue weighted by molar-refractivity contribution is -0.128. The number of hydrogen-bond donors (Lipinski definition) is 0. The average Bonchev–Trinajstić information content (AvgIpc) is 3.34. The minimum Gasteiger partial charge on any atom is -0.368 e. The molecule has 0 bridgehead atoms. The fourth-order valence-electron chi connectivity index (χ4n) is 3.88. The summed E-state index contributed by atoms with van der Waals surface area (Å²) in [7, 11) is 0. The standard InChI is InChI=1S/C22H24FN5OS2/c23-16-3-5-17(6-4-16)26-9-11-27(12-10-26)21(29)15-31-22-25-24-20(28(22)18-7-8-18)14-19-2-1-13-30-19/h1-6,13,18H,7-12,14-15H2. The predicted molar refractivity (Wildman–Crippen MR) is 121 cm³/mol. The number of carbonyl (C=O) groups is 1. The highest BCUT2D eigenvalue weighted by atomic mass is 32.2. The molecule has 2 aromatic heterocycles. The van der Waals surface area contributed by atoms with E-state index < -0.39 is 0 Å². The fraction of sp³-hybridized carbons (Fsp3) is 0.409. The van der Waals surface area contributed by atoms with Crippen LogP contribution in [-0.2, 0) is 11.2 Å². The number of thioether (sulfide) groups is 1. The molecule has 0 spiro atoms. The third kappa shape index (κ3) is 4.77. The van der Waals surface area contributed by atoms with Crippen molar-refractivity contribution in [1.82, 2.24) is 19.7 Å². The van der Waals surface area contributed by atoms with Gasteiger partial charge in [0.25, 0.3) is 0 Å². The fourth-order valence-corrected chi connectivity index (χ4v) is 5.51. The van der Waals surface area contributed by atoms with E-state index in [9.17, 15) is 9.18 Å². The van der Waals surface area contributed by atoms with Crippen LogP contribution in [0.25, 0.3) is 0 Å². The number of halogens is 1. The van der Waals surface area contributed by atoms with E-state index in [1.807, 2.05) is 4.90 Å². The summed E-state index contributed by atoms with van der Waals surface area (Å²) in [6, 6.07) is 11.2. The van der Waals surface area contributed by atoms with Gasteiger partial charge in [0, 0.05) is 49.2 Å². The molecule has 31 heavy (non-hydrogen) atoms. The monoisotopic (exact) mass is 457 g/mol. The Hall–Kier alpha value is -2.39. The van der Waals surface area contributed by atoms with Gasteiger partial charge in [0.05, 0.1) is 5.75 Å². The first-order chi connectivity index (χ1) is 15.2. The van der Waals surface area contributed by atoms with Gasteiger partial charge in [0.15, 0.2) is 5.16 Å². The van der Waals surface area contributed by atoms with E-state index in [4.69, 9.17) is 0 Å². The van der Waals surface area contributed by atoms with Crippen molar-refractivity contribution in [1.29, 1.82) is 0 Å². The van der Waals surface area contributed by atoms with Crippen molar-refractivity contribution in [2.24, 2.45) is 0 Å². The van der Waals surface area contributed by atoms with Gasteiger partial charge in [0.1, 0.15) is 11.6 Å². The minimum atomic E-state index is -0.229. The first kappa shape index (κ1) is 20.5. The summed E-state index contributed by atoms with van der Waals surface area (Å²) in [5, 5.41) is 11.8. The normalized spacial score (nSPS) is 16.7. The summed E-state index contributed by atoms with van der Waals surface area (Å²) in [6.07, 6.45) is 3.10. The van der Waals surface area contributed by atoms with E-state index in [-0.39, 0.29) is 11.7 Å². The average molecular weight is 458 g/mol. The van der Waals surface area contributed by atoms with Gasteiger partial charge >= 0.3 is 0 Å². The Morgan fingerprint density at radius 2 is 1.87 bits per heavy atom. The van der Waals surface area contributed by atoms with Crippen LogP contribution in [0.15, 0.2) is 46.9 Å². The number of anilines is 1. The Kier molecular flexibility index (Phi) is 5.95. The third-order valence-corrected chi connectivity index (χ3v) is 7.51. The third-order valence-electron chi connectivity index (χ3n) is 5.71. The zero-order chi connectivity index (χ0) is 21.2. The smallest absolute Gasteiger partial charge is 0.233 e. The number of thiophene rings is 1. The van der Waals surface area contributed by atoms with Crippen LogP contribution in [-0.4, -0.2) is 57.5 Å². The van der Waals surface area contributed by atoms with Crippen LogP contribution in [0, 0.1) is 5.82 Å². The predicted octanol–water partition coefficient (Wildman–Crippen LogP) is 3.85. The van der Waals surface area contributed by atoms with Crippen molar-refractivity contribution in [2.75, 3.05) is 36.8 Å². The van der Waals surface area contributed by atoms with Crippen LogP contribution < -0.4 is 4.90 Å². The van der Waals surface area contributed by atoms with Crippen molar-refractivity contribution < 1.29 is 9.18 Å². The summed E-state index contributed by atoms with van der Waals surface area (Å²) in [5.74, 6) is 1.27. The minimum absolute atomic E-state index is 0.133. The molecule has 1 saturated heterocycles. The Morgan fingerprint density at radius 3 is 2.55 bits per heavy atom. The van der Waals surface area contributed by atoms with E-state index in [1.54, 1.807) is 23.5 Å². The Balaban J connectivity index is 1.17. The highest BCUT2D eigenvalue weighted by Crippen LogP contribution is 2.39. The van der Waals surface area contributed by atoms with Gasteiger partial charge in [-0.2, -0.15) is 0 Å². The molecule has 1 aliphatic heterocycles. The van der Waals surface area contributed by atoms with Crippen molar-refractivity contribution in [3.8, 4) is 0 Å². The maximum atomic E-state index is 13.1. The van der Waals surface area contributed by atoms with E-state index in [1.165, 1.54) is 28.8 Å². The Morgan fingerprint density at radius 1 is 1.10 bits per heavy atom. The highest BCUT2D eigenvalue weighted by molar-refractivity contribution is 7.99. The first-order valence-corrected chi connectivity index (χ1v) is 12.4. The number of piperazine rings is 1. The van der Waals surface area contributed by atoms with Gasteiger partial charge in [-0.1, -0.05) is 17.8 Å². The second-order valence-corrected chi connectivity index (χ2v) is 9.86. The lowest BCUT2D eigenvalue weighted by atomic mass is 10.2. The van der Waals surface area contributed by atoms with E-state index in [0.29, 0.717) is 24.9 Å². The van der Waals surface area contributed by atoms with Crippen molar-refractivity contribution in [3.05, 3.63) is 58.3 Å². The molecule has 3 heterocycles. The van der Waals surface area contributed by atoms with Crippen molar-refractivity contribution in [2.45, 2.75) is 30.5 Å². The lowest BCUT2D eigenvalue weighted by Gasteiger charge is -2.36. The molecule has 0 N–H and O–H groups in total. The first-order valence-electron chi connectivity index (χ1n) is 10.5. The van der Waals surface area contributed by atoms with Crippen LogP contribution in [0.2, 0.25) is 0 Å². The number of aromatic nitrogens is 3. The molecule has 0 atom stereocenters. The molecular formula is C22H24FN5OS2. The number of hydrogen-bond acceptors (Lipinski definition) is 6. The number of benzene rings is 1. The SMILES string of the molecule is O=C(CSc1nnc(Cc2cccs2)n1C1CC1)N1CCN(c2ccc(F)cc2)CC1. The molecule has 1 aliphatic carbocycles. The van der Waals surface area contributed by atoms with Crippen LogP contribution in [0.1, 0.15) is 29.6 Å². The zero-order valence-electron chi connectivity index (χ0n) is 17.1. The molecule has 9 heteroatoms. The summed E-state index contributed by atoms with van der Waals surface area (Å²) in [6.45, 7) is 2.86. The molecule has 1 amide bonds. The molecule has 5 rings (SSSR count). The van der Waals surface area contributed by atoms with Crippen molar-refractivity contribution >= 4 is 34.7 Å². The second kappa shape index (κ2) is 9.00. The van der Waals surface area contributed by atoms with E-state index in [2.05, 4.69) is 37.2 Å². The summed E-state index contributed by atoms with van der Waals surface area (Å²) in [4.78, 5) is 18.2. The quantitative estimate of drug-likeness (QED) is 0.505. The second-order valence-electron chi connectivity index (χ2n) is 7.89. The van der Waals surface area contributed by atoms with Gasteiger partial charge < -0.3 is 14.4 Å². The highest BCUT2D eigenvalue weighted by Gasteiger charge is 2.30. The van der Waals surface area contributed by atoms with Gasteiger partial charge in [-0.25, -0.2) is 4.39 Å². The van der Waals surface area contributed by atoms with Gasteiger partial charge in [-0.15, -0.1) is 21.5 Å². The molecule has 1 saturated carbocycles. The van der Waals surface area contributed by atoms with Crippen LogP contribution >= 0.6 is 23.1 Å². The number of nitrogens with zero attached hydrogens (tertiary/aromatic N) is 5. The summed E-state index contributed by atoms with van der Waals surface area (Å²) < 4.78 is 15.4. The van der Waals surface area contributed by atoms with Crippen LogP contribution in [0.4, 0.5) is 10.1 Å². The Bertz CT molecular complexity index is 1020. The number of amides is 1. The molecule has 3 aromatic rings. The summed E-state index contributed by atoms with van der Waals surface area (Å²) in [5.41, 5.74) is 0.999. The summed E-state index contributed by atoms with van der Waals surface area (Å²) >= 11 is 3.23. The van der Waals surface area contributed by atoms with Crippen LogP contribution in [0.5, 0.6) is 0 Å². The molecule has 162 valence electrons. The molecule has 0 unspecified atom stereocenters. The van der Waals surface area contributed by atoms with Crippen LogP contribution in [0.3, 0.4) is 0 Å². The number of rotatable bonds is 7. The van der Waals surface area contributed by atoms with Crippen molar-refractivity contribution in [3.63, 3.8) is 0 Å². The molecule has 2 aliphatic rings. The van der Waals surface area contributed by atoms with E-state index >= 15 is 0 Å². The lowest BCUT2D eigenvalue weighted by Crippen LogP contribution is -2.49. The maximum Gasteiger partial charge on any atom is 0.233 e. The Labute approximate surface area is 189 Å². The van der Waals surface area contributed by atoms with E-state index in [0.717, 1.165) is 49.0 Å². The zero-order valence-corrected chi connectivity index (χ0v) is 18.7. The molecular weight excluding hydrogens is 433 g/mol. The maximum absolute atomic E-state index is 13.1. The molecule has 2 fully saturated rings. The topological polar surface area (TPSA) is 54.3 Å².